The maximum absolute atomic E-state index is 9.77. The molecule has 0 spiro atoms. The van der Waals surface area contributed by atoms with Gasteiger partial charge in [-0.3, -0.25) is 0 Å². The van der Waals surface area contributed by atoms with Crippen LogP contribution < -0.4 is 5.73 Å². The Hall–Kier alpha value is -0.940. The van der Waals surface area contributed by atoms with Crippen molar-refractivity contribution in [3.8, 4) is 0 Å². The van der Waals surface area contributed by atoms with Crippen molar-refractivity contribution in [1.29, 1.82) is 0 Å². The molecular weight excluding hydrogens is 170 g/mol. The van der Waals surface area contributed by atoms with Gasteiger partial charge in [0.2, 0.25) is 5.79 Å². The normalized spacial score (nSPS) is 17.8. The fraction of sp³-hybridized carbons (Fsp3) is 0.333. The minimum atomic E-state index is -1.83. The molecule has 2 atom stereocenters. The zero-order valence-electron chi connectivity index (χ0n) is 7.34. The highest BCUT2D eigenvalue weighted by molar-refractivity contribution is 5.21. The minimum Gasteiger partial charge on any atom is -0.359 e. The van der Waals surface area contributed by atoms with Gasteiger partial charge in [0, 0.05) is 5.56 Å². The summed E-state index contributed by atoms with van der Waals surface area (Å²) in [5.74, 6) is -1.83. The van der Waals surface area contributed by atoms with E-state index in [1.165, 1.54) is 0 Å². The van der Waals surface area contributed by atoms with E-state index in [0.717, 1.165) is 0 Å². The van der Waals surface area contributed by atoms with Crippen molar-refractivity contribution in [2.75, 3.05) is 0 Å². The van der Waals surface area contributed by atoms with Gasteiger partial charge in [0.25, 0.3) is 0 Å². The van der Waals surface area contributed by atoms with E-state index < -0.39 is 11.8 Å². The summed E-state index contributed by atoms with van der Waals surface area (Å²) in [6.07, 6.45) is 0. The van der Waals surface area contributed by atoms with Gasteiger partial charge in [-0.2, -0.15) is 4.89 Å². The van der Waals surface area contributed by atoms with Crippen molar-refractivity contribution in [1.82, 2.24) is 0 Å². The Labute approximate surface area is 76.5 Å². The van der Waals surface area contributed by atoms with E-state index in [9.17, 15) is 5.11 Å². The lowest BCUT2D eigenvalue weighted by Gasteiger charge is -2.28. The van der Waals surface area contributed by atoms with Crippen LogP contribution in [-0.2, 0) is 10.7 Å². The Morgan fingerprint density at radius 2 is 1.92 bits per heavy atom. The van der Waals surface area contributed by atoms with Crippen LogP contribution in [0.4, 0.5) is 0 Å². The van der Waals surface area contributed by atoms with E-state index in [4.69, 9.17) is 11.0 Å². The van der Waals surface area contributed by atoms with Crippen LogP contribution in [-0.4, -0.2) is 16.4 Å². The summed E-state index contributed by atoms with van der Waals surface area (Å²) in [6, 6.07) is 7.77. The Kier molecular flexibility index (Phi) is 3.00. The standard InChI is InChI=1S/C9H13NO3/c1-7(10)9(11,13-12)8-5-3-2-4-6-8/h2-7,11-12H,10H2,1H3. The van der Waals surface area contributed by atoms with Gasteiger partial charge in [-0.15, -0.1) is 0 Å². The van der Waals surface area contributed by atoms with E-state index in [2.05, 4.69) is 4.89 Å². The first-order chi connectivity index (χ1) is 6.11. The third-order valence-electron chi connectivity index (χ3n) is 1.94. The second-order valence-electron chi connectivity index (χ2n) is 2.94. The molecule has 1 aromatic carbocycles. The zero-order valence-corrected chi connectivity index (χ0v) is 7.34. The van der Waals surface area contributed by atoms with Crippen LogP contribution in [0.2, 0.25) is 0 Å². The van der Waals surface area contributed by atoms with E-state index in [1.54, 1.807) is 37.3 Å². The number of nitrogens with two attached hydrogens (primary N) is 1. The Balaban J connectivity index is 3.03. The molecular formula is C9H13NO3. The third kappa shape index (κ3) is 1.87. The topological polar surface area (TPSA) is 75.7 Å². The number of hydrogen-bond acceptors (Lipinski definition) is 4. The highest BCUT2D eigenvalue weighted by atomic mass is 17.1. The zero-order chi connectivity index (χ0) is 9.90. The van der Waals surface area contributed by atoms with Crippen molar-refractivity contribution in [3.63, 3.8) is 0 Å². The summed E-state index contributed by atoms with van der Waals surface area (Å²) < 4.78 is 0. The van der Waals surface area contributed by atoms with Crippen LogP contribution in [0.3, 0.4) is 0 Å². The molecule has 0 saturated heterocycles. The maximum Gasteiger partial charge on any atom is 0.240 e. The third-order valence-corrected chi connectivity index (χ3v) is 1.94. The molecule has 4 heteroatoms. The average molecular weight is 183 g/mol. The lowest BCUT2D eigenvalue weighted by Crippen LogP contribution is -2.45. The lowest BCUT2D eigenvalue weighted by molar-refractivity contribution is -0.406. The molecule has 4 nitrogen and oxygen atoms in total. The smallest absolute Gasteiger partial charge is 0.240 e. The van der Waals surface area contributed by atoms with Gasteiger partial charge in [-0.25, -0.2) is 5.26 Å². The summed E-state index contributed by atoms with van der Waals surface area (Å²) in [5, 5.41) is 18.4. The van der Waals surface area contributed by atoms with Crippen LogP contribution in [0, 0.1) is 0 Å². The largest absolute Gasteiger partial charge is 0.359 e. The summed E-state index contributed by atoms with van der Waals surface area (Å²) in [4.78, 5) is 4.02. The van der Waals surface area contributed by atoms with E-state index in [0.29, 0.717) is 5.56 Å². The fourth-order valence-corrected chi connectivity index (χ4v) is 1.08. The number of hydrogen-bond donors (Lipinski definition) is 3. The lowest BCUT2D eigenvalue weighted by atomic mass is 10.0. The number of benzene rings is 1. The highest BCUT2D eigenvalue weighted by Crippen LogP contribution is 2.23. The molecule has 13 heavy (non-hydrogen) atoms. The van der Waals surface area contributed by atoms with Gasteiger partial charge >= 0.3 is 0 Å². The first-order valence-electron chi connectivity index (χ1n) is 3.97. The van der Waals surface area contributed by atoms with Gasteiger partial charge in [0.15, 0.2) is 0 Å². The predicted octanol–water partition coefficient (Wildman–Crippen LogP) is 0.669. The fourth-order valence-electron chi connectivity index (χ4n) is 1.08. The number of aliphatic hydroxyl groups is 1. The van der Waals surface area contributed by atoms with Crippen LogP contribution in [0.15, 0.2) is 30.3 Å². The summed E-state index contributed by atoms with van der Waals surface area (Å²) in [6.45, 7) is 1.54. The molecule has 1 rings (SSSR count). The Morgan fingerprint density at radius 3 is 2.31 bits per heavy atom. The molecule has 0 radical (unpaired) electrons. The van der Waals surface area contributed by atoms with Crippen LogP contribution in [0.25, 0.3) is 0 Å². The second kappa shape index (κ2) is 3.85. The van der Waals surface area contributed by atoms with Gasteiger partial charge in [-0.05, 0) is 6.92 Å². The first-order valence-corrected chi connectivity index (χ1v) is 3.97. The molecule has 2 unspecified atom stereocenters. The van der Waals surface area contributed by atoms with Crippen molar-refractivity contribution in [2.24, 2.45) is 5.73 Å². The Bertz CT molecular complexity index is 263. The summed E-state index contributed by atoms with van der Waals surface area (Å²) in [7, 11) is 0. The molecule has 0 aliphatic heterocycles. The molecule has 0 bridgehead atoms. The quantitative estimate of drug-likeness (QED) is 0.365. The molecule has 72 valence electrons. The van der Waals surface area contributed by atoms with E-state index >= 15 is 0 Å². The van der Waals surface area contributed by atoms with Crippen molar-refractivity contribution in [2.45, 2.75) is 18.8 Å². The van der Waals surface area contributed by atoms with Gasteiger partial charge in [0.1, 0.15) is 0 Å². The molecule has 0 aliphatic rings. The molecule has 4 N–H and O–H groups in total. The van der Waals surface area contributed by atoms with Gasteiger partial charge in [-0.1, -0.05) is 30.3 Å². The van der Waals surface area contributed by atoms with Crippen molar-refractivity contribution in [3.05, 3.63) is 35.9 Å². The number of rotatable bonds is 3. The van der Waals surface area contributed by atoms with Gasteiger partial charge in [0.05, 0.1) is 6.04 Å². The van der Waals surface area contributed by atoms with Crippen LogP contribution >= 0.6 is 0 Å². The molecule has 0 heterocycles. The van der Waals surface area contributed by atoms with Crippen LogP contribution in [0.1, 0.15) is 12.5 Å². The average Bonchev–Trinajstić information content (AvgIpc) is 2.17. The second-order valence-corrected chi connectivity index (χ2v) is 2.94. The molecule has 0 fully saturated rings. The molecule has 0 saturated carbocycles. The van der Waals surface area contributed by atoms with Gasteiger partial charge < -0.3 is 10.8 Å². The van der Waals surface area contributed by atoms with Crippen molar-refractivity contribution < 1.29 is 15.3 Å². The molecule has 0 aromatic heterocycles. The minimum absolute atomic E-state index is 0.424. The Morgan fingerprint density at radius 1 is 1.38 bits per heavy atom. The van der Waals surface area contributed by atoms with E-state index in [-0.39, 0.29) is 0 Å². The predicted molar refractivity (Wildman–Crippen MR) is 47.7 cm³/mol. The monoisotopic (exact) mass is 183 g/mol. The summed E-state index contributed by atoms with van der Waals surface area (Å²) in [5.41, 5.74) is 5.90. The SMILES string of the molecule is CC(N)C(O)(OO)c1ccccc1. The molecule has 0 amide bonds. The maximum atomic E-state index is 9.77. The highest BCUT2D eigenvalue weighted by Gasteiger charge is 2.35. The summed E-state index contributed by atoms with van der Waals surface area (Å²) >= 11 is 0. The van der Waals surface area contributed by atoms with E-state index in [1.807, 2.05) is 0 Å². The first kappa shape index (κ1) is 10.1. The van der Waals surface area contributed by atoms with Crippen LogP contribution in [0.5, 0.6) is 0 Å². The molecule has 0 aliphatic carbocycles. The van der Waals surface area contributed by atoms with Crippen molar-refractivity contribution >= 4 is 0 Å². The molecule has 1 aromatic rings.